The van der Waals surface area contributed by atoms with Gasteiger partial charge in [-0.2, -0.15) is 0 Å². The summed E-state index contributed by atoms with van der Waals surface area (Å²) in [4.78, 5) is 50.0. The molecule has 0 saturated carbocycles. The first-order valence-electron chi connectivity index (χ1n) is 13.1. The van der Waals surface area contributed by atoms with E-state index in [1.807, 2.05) is 30.3 Å². The molecule has 1 unspecified atom stereocenters. The van der Waals surface area contributed by atoms with Crippen molar-refractivity contribution in [2.45, 2.75) is 45.3 Å². The zero-order valence-electron chi connectivity index (χ0n) is 24.4. The van der Waals surface area contributed by atoms with Crippen molar-refractivity contribution >= 4 is 23.8 Å². The van der Waals surface area contributed by atoms with Gasteiger partial charge in [0, 0.05) is 25.1 Å². The predicted octanol–water partition coefficient (Wildman–Crippen LogP) is 2.20. The van der Waals surface area contributed by atoms with Crippen LogP contribution >= 0.6 is 0 Å². The maximum Gasteiger partial charge on any atom is 0.408 e. The largest absolute Gasteiger partial charge is 0.493 e. The van der Waals surface area contributed by atoms with Crippen molar-refractivity contribution in [1.29, 1.82) is 0 Å². The Morgan fingerprint density at radius 2 is 1.44 bits per heavy atom. The number of hydrogen-bond acceptors (Lipinski definition) is 8. The Hall–Kier alpha value is -4.48. The molecule has 0 bridgehead atoms. The SMILES string of the molecule is COc1cc(C(=O)NCCCNC(=O)C(Cc2ccccc2)NC(=O)CNC(=O)OC(C)(C)C)cc(OC)c1OC. The van der Waals surface area contributed by atoms with Crippen LogP contribution in [0.15, 0.2) is 42.5 Å². The van der Waals surface area contributed by atoms with Crippen molar-refractivity contribution in [2.24, 2.45) is 0 Å². The smallest absolute Gasteiger partial charge is 0.408 e. The molecule has 4 amide bonds. The molecule has 224 valence electrons. The van der Waals surface area contributed by atoms with Gasteiger partial charge in [-0.05, 0) is 44.9 Å². The summed E-state index contributed by atoms with van der Waals surface area (Å²) < 4.78 is 21.0. The van der Waals surface area contributed by atoms with Gasteiger partial charge in [0.25, 0.3) is 5.91 Å². The molecule has 0 aliphatic carbocycles. The zero-order chi connectivity index (χ0) is 30.4. The van der Waals surface area contributed by atoms with Gasteiger partial charge in [0.15, 0.2) is 11.5 Å². The fourth-order valence-corrected chi connectivity index (χ4v) is 3.71. The van der Waals surface area contributed by atoms with Gasteiger partial charge in [0.05, 0.1) is 21.3 Å². The number of carbonyl (C=O) groups excluding carboxylic acids is 4. The third-order valence-electron chi connectivity index (χ3n) is 5.59. The van der Waals surface area contributed by atoms with E-state index in [1.54, 1.807) is 32.9 Å². The molecular formula is C29H40N4O8. The predicted molar refractivity (Wildman–Crippen MR) is 152 cm³/mol. The first-order valence-corrected chi connectivity index (χ1v) is 13.1. The summed E-state index contributed by atoms with van der Waals surface area (Å²) in [6.07, 6.45) is -0.0399. The lowest BCUT2D eigenvalue weighted by Crippen LogP contribution is -2.51. The van der Waals surface area contributed by atoms with Crippen LogP contribution in [-0.2, 0) is 20.7 Å². The second-order valence-electron chi connectivity index (χ2n) is 9.98. The van der Waals surface area contributed by atoms with Gasteiger partial charge in [0.1, 0.15) is 18.2 Å². The van der Waals surface area contributed by atoms with Crippen LogP contribution in [0.2, 0.25) is 0 Å². The van der Waals surface area contributed by atoms with E-state index in [-0.39, 0.29) is 32.0 Å². The molecule has 0 radical (unpaired) electrons. The van der Waals surface area contributed by atoms with Crippen LogP contribution < -0.4 is 35.5 Å². The average Bonchev–Trinajstić information content (AvgIpc) is 2.94. The maximum atomic E-state index is 13.0. The second-order valence-corrected chi connectivity index (χ2v) is 9.98. The monoisotopic (exact) mass is 572 g/mol. The normalized spacial score (nSPS) is 11.5. The Balaban J connectivity index is 1.90. The van der Waals surface area contributed by atoms with E-state index in [1.165, 1.54) is 21.3 Å². The van der Waals surface area contributed by atoms with Crippen molar-refractivity contribution < 1.29 is 38.1 Å². The van der Waals surface area contributed by atoms with E-state index in [2.05, 4.69) is 21.3 Å². The van der Waals surface area contributed by atoms with Crippen LogP contribution in [0.3, 0.4) is 0 Å². The highest BCUT2D eigenvalue weighted by Gasteiger charge is 2.22. The Bertz CT molecular complexity index is 1160. The number of amides is 4. The first kappa shape index (κ1) is 32.7. The summed E-state index contributed by atoms with van der Waals surface area (Å²) in [7, 11) is 4.41. The molecule has 1 atom stereocenters. The van der Waals surface area contributed by atoms with Crippen LogP contribution in [0.5, 0.6) is 17.2 Å². The van der Waals surface area contributed by atoms with Crippen LogP contribution in [-0.4, -0.2) is 76.4 Å². The molecular weight excluding hydrogens is 532 g/mol. The number of carbonyl (C=O) groups is 4. The highest BCUT2D eigenvalue weighted by molar-refractivity contribution is 5.95. The number of ether oxygens (including phenoxy) is 4. The molecule has 0 fully saturated rings. The molecule has 0 saturated heterocycles. The van der Waals surface area contributed by atoms with Crippen LogP contribution in [0.25, 0.3) is 0 Å². The molecule has 2 aromatic carbocycles. The lowest BCUT2D eigenvalue weighted by molar-refractivity contribution is -0.128. The van der Waals surface area contributed by atoms with E-state index in [0.29, 0.717) is 29.2 Å². The van der Waals surface area contributed by atoms with Gasteiger partial charge in [-0.1, -0.05) is 30.3 Å². The standard InChI is InChI=1S/C29H40N4O8/c1-29(2,3)41-28(37)32-18-24(34)33-21(15-19-11-8-7-9-12-19)27(36)31-14-10-13-30-26(35)20-16-22(38-4)25(40-6)23(17-20)39-5/h7-9,11-12,16-17,21H,10,13-15,18H2,1-6H3,(H,30,35)(H,31,36)(H,32,37)(H,33,34). The molecule has 0 aliphatic heterocycles. The quantitative estimate of drug-likeness (QED) is 0.251. The molecule has 0 aliphatic rings. The molecule has 0 heterocycles. The van der Waals surface area contributed by atoms with E-state index in [9.17, 15) is 19.2 Å². The van der Waals surface area contributed by atoms with Crippen molar-refractivity contribution in [1.82, 2.24) is 21.3 Å². The zero-order valence-corrected chi connectivity index (χ0v) is 24.4. The van der Waals surface area contributed by atoms with Gasteiger partial charge in [0.2, 0.25) is 17.6 Å². The molecule has 12 heteroatoms. The van der Waals surface area contributed by atoms with E-state index >= 15 is 0 Å². The minimum atomic E-state index is -0.876. The number of methoxy groups -OCH3 is 3. The Morgan fingerprint density at radius 3 is 2.00 bits per heavy atom. The van der Waals surface area contributed by atoms with Crippen molar-refractivity contribution in [3.63, 3.8) is 0 Å². The van der Waals surface area contributed by atoms with Crippen LogP contribution in [0, 0.1) is 0 Å². The molecule has 0 spiro atoms. The highest BCUT2D eigenvalue weighted by atomic mass is 16.6. The number of rotatable bonds is 14. The molecule has 4 N–H and O–H groups in total. The number of hydrogen-bond donors (Lipinski definition) is 4. The van der Waals surface area contributed by atoms with Crippen LogP contribution in [0.1, 0.15) is 43.1 Å². The molecule has 41 heavy (non-hydrogen) atoms. The topological polar surface area (TPSA) is 153 Å². The fourth-order valence-electron chi connectivity index (χ4n) is 3.71. The van der Waals surface area contributed by atoms with Gasteiger partial charge >= 0.3 is 6.09 Å². The lowest BCUT2D eigenvalue weighted by Gasteiger charge is -2.21. The van der Waals surface area contributed by atoms with E-state index < -0.39 is 29.6 Å². The summed E-state index contributed by atoms with van der Waals surface area (Å²) in [5, 5.41) is 10.6. The van der Waals surface area contributed by atoms with Gasteiger partial charge in [-0.15, -0.1) is 0 Å². The summed E-state index contributed by atoms with van der Waals surface area (Å²) >= 11 is 0. The number of benzene rings is 2. The third kappa shape index (κ3) is 11.3. The van der Waals surface area contributed by atoms with Crippen molar-refractivity contribution in [3.8, 4) is 17.2 Å². The van der Waals surface area contributed by atoms with E-state index in [4.69, 9.17) is 18.9 Å². The first-order chi connectivity index (χ1) is 19.5. The van der Waals surface area contributed by atoms with Crippen molar-refractivity contribution in [2.75, 3.05) is 41.0 Å². The maximum absolute atomic E-state index is 13.0. The minimum absolute atomic E-state index is 0.253. The van der Waals surface area contributed by atoms with E-state index in [0.717, 1.165) is 5.56 Å². The van der Waals surface area contributed by atoms with Crippen molar-refractivity contribution in [3.05, 3.63) is 53.6 Å². The Morgan fingerprint density at radius 1 is 0.829 bits per heavy atom. The van der Waals surface area contributed by atoms with Gasteiger partial charge in [-0.25, -0.2) is 4.79 Å². The van der Waals surface area contributed by atoms with Gasteiger partial charge < -0.3 is 40.2 Å². The number of nitrogens with one attached hydrogen (secondary N) is 4. The second kappa shape index (κ2) is 15.9. The molecule has 2 aromatic rings. The Labute approximate surface area is 240 Å². The number of alkyl carbamates (subject to hydrolysis) is 1. The summed E-state index contributed by atoms with van der Waals surface area (Å²) in [5.74, 6) is -0.177. The summed E-state index contributed by atoms with van der Waals surface area (Å²) in [6.45, 7) is 5.33. The average molecular weight is 573 g/mol. The Kier molecular flexibility index (Phi) is 12.7. The molecule has 0 aromatic heterocycles. The van der Waals surface area contributed by atoms with Gasteiger partial charge in [-0.3, -0.25) is 14.4 Å². The fraction of sp³-hybridized carbons (Fsp3) is 0.448. The summed E-state index contributed by atoms with van der Waals surface area (Å²) in [6, 6.07) is 11.5. The molecule has 2 rings (SSSR count). The lowest BCUT2D eigenvalue weighted by atomic mass is 10.1. The summed E-state index contributed by atoms with van der Waals surface area (Å²) in [5.41, 5.74) is 0.476. The van der Waals surface area contributed by atoms with Crippen LogP contribution in [0.4, 0.5) is 4.79 Å². The minimum Gasteiger partial charge on any atom is -0.493 e. The molecule has 12 nitrogen and oxygen atoms in total. The third-order valence-corrected chi connectivity index (χ3v) is 5.59. The highest BCUT2D eigenvalue weighted by Crippen LogP contribution is 2.38.